The zero-order valence-electron chi connectivity index (χ0n) is 9.45. The molecule has 0 bridgehead atoms. The van der Waals surface area contributed by atoms with Gasteiger partial charge in [-0.1, -0.05) is 25.7 Å². The van der Waals surface area contributed by atoms with E-state index in [2.05, 4.69) is 0 Å². The molecule has 86 valence electrons. The number of nitrogens with zero attached hydrogens (tertiary/aromatic N) is 1. The maximum atomic E-state index is 11.8. The molecule has 0 aromatic carbocycles. The van der Waals surface area contributed by atoms with Crippen molar-refractivity contribution in [2.24, 2.45) is 11.7 Å². The Morgan fingerprint density at radius 3 is 2.60 bits per heavy atom. The molecule has 15 heavy (non-hydrogen) atoms. The molecule has 0 aromatic rings. The highest BCUT2D eigenvalue weighted by Crippen LogP contribution is 2.28. The highest BCUT2D eigenvalue weighted by atomic mass is 16.2. The maximum absolute atomic E-state index is 11.8. The smallest absolute Gasteiger partial charge is 0.222 e. The molecule has 2 fully saturated rings. The Balaban J connectivity index is 1.67. The van der Waals surface area contributed by atoms with Crippen molar-refractivity contribution in [1.29, 1.82) is 0 Å². The van der Waals surface area contributed by atoms with Crippen LogP contribution < -0.4 is 5.73 Å². The molecule has 0 spiro atoms. The van der Waals surface area contributed by atoms with Gasteiger partial charge < -0.3 is 10.6 Å². The molecule has 2 aliphatic rings. The number of hydrogen-bond donors (Lipinski definition) is 1. The fourth-order valence-electron chi connectivity index (χ4n) is 2.80. The summed E-state index contributed by atoms with van der Waals surface area (Å²) in [4.78, 5) is 13.8. The van der Waals surface area contributed by atoms with Gasteiger partial charge >= 0.3 is 0 Å². The van der Waals surface area contributed by atoms with Gasteiger partial charge in [-0.15, -0.1) is 0 Å². The summed E-state index contributed by atoms with van der Waals surface area (Å²) in [6.07, 6.45) is 8.25. The van der Waals surface area contributed by atoms with E-state index in [1.165, 1.54) is 25.7 Å². The number of nitrogens with two attached hydrogens (primary N) is 1. The van der Waals surface area contributed by atoms with E-state index in [1.807, 2.05) is 4.90 Å². The Morgan fingerprint density at radius 1 is 1.27 bits per heavy atom. The molecule has 1 atom stereocenters. The molecule has 0 aromatic heterocycles. The van der Waals surface area contributed by atoms with Gasteiger partial charge in [0, 0.05) is 25.6 Å². The number of rotatable bonds is 3. The molecule has 1 heterocycles. The predicted octanol–water partition coefficient (Wildman–Crippen LogP) is 1.52. The number of amides is 1. The van der Waals surface area contributed by atoms with Crippen LogP contribution in [0.5, 0.6) is 0 Å². The van der Waals surface area contributed by atoms with E-state index in [4.69, 9.17) is 5.73 Å². The van der Waals surface area contributed by atoms with Crippen molar-refractivity contribution < 1.29 is 4.79 Å². The van der Waals surface area contributed by atoms with Crippen LogP contribution in [0.3, 0.4) is 0 Å². The van der Waals surface area contributed by atoms with Crippen molar-refractivity contribution in [2.75, 3.05) is 13.1 Å². The van der Waals surface area contributed by atoms with Crippen molar-refractivity contribution in [3.8, 4) is 0 Å². The minimum atomic E-state index is 0.223. The second-order valence-electron chi connectivity index (χ2n) is 5.08. The average Bonchev–Trinajstić information content (AvgIpc) is 2.84. The molecule has 0 unspecified atom stereocenters. The third kappa shape index (κ3) is 2.94. The Bertz CT molecular complexity index is 224. The predicted molar refractivity (Wildman–Crippen MR) is 60.4 cm³/mol. The van der Waals surface area contributed by atoms with Crippen LogP contribution in [0.15, 0.2) is 0 Å². The quantitative estimate of drug-likeness (QED) is 0.767. The van der Waals surface area contributed by atoms with Crippen molar-refractivity contribution in [3.63, 3.8) is 0 Å². The van der Waals surface area contributed by atoms with Crippen molar-refractivity contribution in [2.45, 2.75) is 51.0 Å². The second kappa shape index (κ2) is 4.97. The van der Waals surface area contributed by atoms with Gasteiger partial charge in [-0.25, -0.2) is 0 Å². The number of carbonyl (C=O) groups excluding carboxylic acids is 1. The van der Waals surface area contributed by atoms with Gasteiger partial charge in [-0.05, 0) is 18.8 Å². The number of likely N-dealkylation sites (tertiary alicyclic amines) is 1. The van der Waals surface area contributed by atoms with Gasteiger partial charge in [0.05, 0.1) is 0 Å². The molecular formula is C12H22N2O. The molecule has 1 saturated carbocycles. The fourth-order valence-corrected chi connectivity index (χ4v) is 2.80. The molecule has 3 nitrogen and oxygen atoms in total. The lowest BCUT2D eigenvalue weighted by Crippen LogP contribution is -2.31. The molecule has 2 N–H and O–H groups in total. The summed E-state index contributed by atoms with van der Waals surface area (Å²) < 4.78 is 0. The van der Waals surface area contributed by atoms with Crippen LogP contribution in [-0.2, 0) is 4.79 Å². The zero-order chi connectivity index (χ0) is 10.7. The first-order chi connectivity index (χ1) is 7.25. The highest BCUT2D eigenvalue weighted by Gasteiger charge is 2.24. The molecule has 1 aliphatic carbocycles. The second-order valence-corrected chi connectivity index (χ2v) is 5.08. The van der Waals surface area contributed by atoms with E-state index in [1.54, 1.807) is 0 Å². The van der Waals surface area contributed by atoms with Crippen LogP contribution in [0.2, 0.25) is 0 Å². The molecule has 0 radical (unpaired) electrons. The summed E-state index contributed by atoms with van der Waals surface area (Å²) in [6, 6.07) is 0.223. The van der Waals surface area contributed by atoms with E-state index >= 15 is 0 Å². The normalized spacial score (nSPS) is 27.5. The van der Waals surface area contributed by atoms with E-state index in [-0.39, 0.29) is 6.04 Å². The minimum absolute atomic E-state index is 0.223. The van der Waals surface area contributed by atoms with Crippen molar-refractivity contribution in [3.05, 3.63) is 0 Å². The van der Waals surface area contributed by atoms with Crippen LogP contribution in [0.25, 0.3) is 0 Å². The van der Waals surface area contributed by atoms with Gasteiger partial charge in [-0.2, -0.15) is 0 Å². The number of carbonyl (C=O) groups is 1. The van der Waals surface area contributed by atoms with Crippen molar-refractivity contribution in [1.82, 2.24) is 4.90 Å². The lowest BCUT2D eigenvalue weighted by Gasteiger charge is -2.17. The Morgan fingerprint density at radius 2 is 2.00 bits per heavy atom. The average molecular weight is 210 g/mol. The standard InChI is InChI=1S/C12H22N2O/c13-11-7-8-14(9-11)12(15)6-5-10-3-1-2-4-10/h10-11H,1-9,13H2/t11-/m0/s1. The highest BCUT2D eigenvalue weighted by molar-refractivity contribution is 5.76. The third-order valence-corrected chi connectivity index (χ3v) is 3.82. The first-order valence-corrected chi connectivity index (χ1v) is 6.29. The van der Waals surface area contributed by atoms with Gasteiger partial charge in [0.1, 0.15) is 0 Å². The Kier molecular flexibility index (Phi) is 3.62. The molecule has 2 rings (SSSR count). The summed E-state index contributed by atoms with van der Waals surface area (Å²) in [5, 5.41) is 0. The number of hydrogen-bond acceptors (Lipinski definition) is 2. The SMILES string of the molecule is N[C@H]1CCN(C(=O)CCC2CCCC2)C1. The maximum Gasteiger partial charge on any atom is 0.222 e. The summed E-state index contributed by atoms with van der Waals surface area (Å²) in [5.74, 6) is 1.15. The van der Waals surface area contributed by atoms with E-state index in [9.17, 15) is 4.79 Å². The molecular weight excluding hydrogens is 188 g/mol. The Hall–Kier alpha value is -0.570. The van der Waals surface area contributed by atoms with E-state index < -0.39 is 0 Å². The van der Waals surface area contributed by atoms with E-state index in [0.29, 0.717) is 5.91 Å². The fraction of sp³-hybridized carbons (Fsp3) is 0.917. The molecule has 1 amide bonds. The first-order valence-electron chi connectivity index (χ1n) is 6.29. The summed E-state index contributed by atoms with van der Waals surface area (Å²) >= 11 is 0. The largest absolute Gasteiger partial charge is 0.341 e. The zero-order valence-corrected chi connectivity index (χ0v) is 9.45. The Labute approximate surface area is 92.0 Å². The van der Waals surface area contributed by atoms with Gasteiger partial charge in [0.2, 0.25) is 5.91 Å². The van der Waals surface area contributed by atoms with Gasteiger partial charge in [0.25, 0.3) is 0 Å². The van der Waals surface area contributed by atoms with Crippen LogP contribution >= 0.6 is 0 Å². The monoisotopic (exact) mass is 210 g/mol. The van der Waals surface area contributed by atoms with Crippen LogP contribution in [-0.4, -0.2) is 29.9 Å². The van der Waals surface area contributed by atoms with E-state index in [0.717, 1.165) is 38.3 Å². The minimum Gasteiger partial charge on any atom is -0.341 e. The summed E-state index contributed by atoms with van der Waals surface area (Å²) in [6.45, 7) is 1.66. The lowest BCUT2D eigenvalue weighted by atomic mass is 10.0. The third-order valence-electron chi connectivity index (χ3n) is 3.82. The van der Waals surface area contributed by atoms with Gasteiger partial charge in [-0.3, -0.25) is 4.79 Å². The summed E-state index contributed by atoms with van der Waals surface area (Å²) in [7, 11) is 0. The van der Waals surface area contributed by atoms with Crippen molar-refractivity contribution >= 4 is 5.91 Å². The first kappa shape index (κ1) is 10.9. The van der Waals surface area contributed by atoms with Gasteiger partial charge in [0.15, 0.2) is 0 Å². The van der Waals surface area contributed by atoms with Crippen LogP contribution in [0, 0.1) is 5.92 Å². The van der Waals surface area contributed by atoms with Crippen LogP contribution in [0.1, 0.15) is 44.9 Å². The molecule has 1 aliphatic heterocycles. The molecule has 3 heteroatoms. The lowest BCUT2D eigenvalue weighted by molar-refractivity contribution is -0.130. The topological polar surface area (TPSA) is 46.3 Å². The van der Waals surface area contributed by atoms with Crippen LogP contribution in [0.4, 0.5) is 0 Å². The molecule has 1 saturated heterocycles. The summed E-state index contributed by atoms with van der Waals surface area (Å²) in [5.41, 5.74) is 5.79.